The van der Waals surface area contributed by atoms with Gasteiger partial charge in [-0.1, -0.05) is 0 Å². The van der Waals surface area contributed by atoms with E-state index in [0.29, 0.717) is 19.6 Å². The SMILES string of the molecule is CC1CN(c2ccc(F)c(F)c2F)CCN1. The molecule has 0 spiro atoms. The molecular weight excluding hydrogens is 217 g/mol. The van der Waals surface area contributed by atoms with Gasteiger partial charge in [0.2, 0.25) is 0 Å². The van der Waals surface area contributed by atoms with Crippen LogP contribution < -0.4 is 10.2 Å². The summed E-state index contributed by atoms with van der Waals surface area (Å²) in [6, 6.07) is 2.45. The van der Waals surface area contributed by atoms with Crippen LogP contribution in [0.4, 0.5) is 18.9 Å². The van der Waals surface area contributed by atoms with Crippen LogP contribution >= 0.6 is 0 Å². The Labute approximate surface area is 92.1 Å². The number of piperazine rings is 1. The Morgan fingerprint density at radius 2 is 2.00 bits per heavy atom. The van der Waals surface area contributed by atoms with Crippen molar-refractivity contribution in [2.45, 2.75) is 13.0 Å². The maximum Gasteiger partial charge on any atom is 0.196 e. The Balaban J connectivity index is 2.29. The maximum atomic E-state index is 13.5. The van der Waals surface area contributed by atoms with Crippen LogP contribution in [0.15, 0.2) is 12.1 Å². The quantitative estimate of drug-likeness (QED) is 0.741. The first kappa shape index (κ1) is 11.3. The van der Waals surface area contributed by atoms with E-state index in [1.807, 2.05) is 6.92 Å². The Morgan fingerprint density at radius 3 is 2.69 bits per heavy atom. The lowest BCUT2D eigenvalue weighted by atomic mass is 10.2. The summed E-state index contributed by atoms with van der Waals surface area (Å²) in [6.07, 6.45) is 0. The molecule has 0 saturated carbocycles. The monoisotopic (exact) mass is 230 g/mol. The molecule has 1 N–H and O–H groups in total. The third kappa shape index (κ3) is 2.00. The Morgan fingerprint density at radius 1 is 1.25 bits per heavy atom. The van der Waals surface area contributed by atoms with E-state index in [1.165, 1.54) is 6.07 Å². The summed E-state index contributed by atoms with van der Waals surface area (Å²) >= 11 is 0. The van der Waals surface area contributed by atoms with Crippen LogP contribution in [-0.2, 0) is 0 Å². The predicted molar refractivity (Wildman–Crippen MR) is 56.0 cm³/mol. The van der Waals surface area contributed by atoms with Gasteiger partial charge >= 0.3 is 0 Å². The third-order valence-electron chi connectivity index (χ3n) is 2.72. The van der Waals surface area contributed by atoms with Crippen LogP contribution in [-0.4, -0.2) is 25.7 Å². The summed E-state index contributed by atoms with van der Waals surface area (Å²) in [7, 11) is 0. The number of hydrogen-bond donors (Lipinski definition) is 1. The number of hydrogen-bond acceptors (Lipinski definition) is 2. The van der Waals surface area contributed by atoms with E-state index in [-0.39, 0.29) is 11.7 Å². The first-order valence-electron chi connectivity index (χ1n) is 5.21. The number of nitrogens with zero attached hydrogens (tertiary/aromatic N) is 1. The molecule has 88 valence electrons. The van der Waals surface area contributed by atoms with Crippen molar-refractivity contribution < 1.29 is 13.2 Å². The Kier molecular flexibility index (Phi) is 3.05. The largest absolute Gasteiger partial charge is 0.366 e. The average molecular weight is 230 g/mol. The number of halogens is 3. The average Bonchev–Trinajstić information content (AvgIpc) is 2.26. The molecule has 1 saturated heterocycles. The topological polar surface area (TPSA) is 15.3 Å². The van der Waals surface area contributed by atoms with E-state index in [4.69, 9.17) is 0 Å². The fraction of sp³-hybridized carbons (Fsp3) is 0.455. The summed E-state index contributed by atoms with van der Waals surface area (Å²) in [5.41, 5.74) is 0.132. The fourth-order valence-electron chi connectivity index (χ4n) is 1.91. The van der Waals surface area contributed by atoms with Crippen LogP contribution in [0.5, 0.6) is 0 Å². The van der Waals surface area contributed by atoms with E-state index >= 15 is 0 Å². The molecule has 0 aliphatic carbocycles. The second kappa shape index (κ2) is 4.33. The van der Waals surface area contributed by atoms with Crippen molar-refractivity contribution >= 4 is 5.69 Å². The van der Waals surface area contributed by atoms with Gasteiger partial charge in [0, 0.05) is 25.7 Å². The molecule has 2 nitrogen and oxygen atoms in total. The highest BCUT2D eigenvalue weighted by Crippen LogP contribution is 2.24. The standard InChI is InChI=1S/C11H13F3N2/c1-7-6-16(5-4-15-7)9-3-2-8(12)10(13)11(9)14/h2-3,7,15H,4-6H2,1H3. The van der Waals surface area contributed by atoms with Crippen LogP contribution in [0.1, 0.15) is 6.92 Å². The second-order valence-electron chi connectivity index (χ2n) is 4.00. The summed E-state index contributed by atoms with van der Waals surface area (Å²) in [5, 5.41) is 3.20. The molecule has 1 unspecified atom stereocenters. The minimum absolute atomic E-state index is 0.132. The lowest BCUT2D eigenvalue weighted by Gasteiger charge is -2.33. The number of benzene rings is 1. The molecule has 16 heavy (non-hydrogen) atoms. The molecule has 1 aromatic carbocycles. The Bertz CT molecular complexity index is 395. The van der Waals surface area contributed by atoms with Crippen LogP contribution in [0.3, 0.4) is 0 Å². The summed E-state index contributed by atoms with van der Waals surface area (Å²) in [6.45, 7) is 3.85. The van der Waals surface area contributed by atoms with Gasteiger partial charge in [-0.3, -0.25) is 0 Å². The molecule has 0 radical (unpaired) electrons. The minimum atomic E-state index is -1.40. The van der Waals surface area contributed by atoms with Gasteiger partial charge in [-0.15, -0.1) is 0 Å². The van der Waals surface area contributed by atoms with Crippen molar-refractivity contribution in [3.8, 4) is 0 Å². The van der Waals surface area contributed by atoms with E-state index in [0.717, 1.165) is 6.07 Å². The van der Waals surface area contributed by atoms with Gasteiger partial charge in [0.05, 0.1) is 5.69 Å². The molecule has 0 amide bonds. The number of nitrogens with one attached hydrogen (secondary N) is 1. The molecule has 2 rings (SSSR count). The van der Waals surface area contributed by atoms with Crippen molar-refractivity contribution in [1.82, 2.24) is 5.32 Å². The van der Waals surface area contributed by atoms with Crippen LogP contribution in [0.2, 0.25) is 0 Å². The van der Waals surface area contributed by atoms with Gasteiger partial charge in [0.1, 0.15) is 0 Å². The van der Waals surface area contributed by atoms with Crippen molar-refractivity contribution in [1.29, 1.82) is 0 Å². The number of anilines is 1. The van der Waals surface area contributed by atoms with E-state index in [1.54, 1.807) is 4.90 Å². The minimum Gasteiger partial charge on any atom is -0.366 e. The highest BCUT2D eigenvalue weighted by Gasteiger charge is 2.21. The molecule has 0 aromatic heterocycles. The smallest absolute Gasteiger partial charge is 0.196 e. The second-order valence-corrected chi connectivity index (χ2v) is 4.00. The van der Waals surface area contributed by atoms with Crippen molar-refractivity contribution in [3.63, 3.8) is 0 Å². The lowest BCUT2D eigenvalue weighted by Crippen LogP contribution is -2.49. The van der Waals surface area contributed by atoms with Gasteiger partial charge in [-0.2, -0.15) is 0 Å². The van der Waals surface area contributed by atoms with Gasteiger partial charge in [0.15, 0.2) is 17.5 Å². The molecule has 1 fully saturated rings. The lowest BCUT2D eigenvalue weighted by molar-refractivity contribution is 0.437. The molecule has 1 atom stereocenters. The zero-order chi connectivity index (χ0) is 11.7. The third-order valence-corrected chi connectivity index (χ3v) is 2.72. The molecule has 1 aliphatic rings. The van der Waals surface area contributed by atoms with Crippen LogP contribution in [0, 0.1) is 17.5 Å². The zero-order valence-electron chi connectivity index (χ0n) is 8.93. The van der Waals surface area contributed by atoms with Crippen molar-refractivity contribution in [2.24, 2.45) is 0 Å². The number of rotatable bonds is 1. The molecule has 1 aromatic rings. The van der Waals surface area contributed by atoms with Gasteiger partial charge in [-0.05, 0) is 19.1 Å². The summed E-state index contributed by atoms with van der Waals surface area (Å²) in [5.74, 6) is -3.65. The first-order chi connectivity index (χ1) is 7.59. The van der Waals surface area contributed by atoms with Gasteiger partial charge < -0.3 is 10.2 Å². The van der Waals surface area contributed by atoms with E-state index in [2.05, 4.69) is 5.32 Å². The first-order valence-corrected chi connectivity index (χ1v) is 5.21. The molecular formula is C11H13F3N2. The molecule has 1 aliphatic heterocycles. The summed E-state index contributed by atoms with van der Waals surface area (Å²) < 4.78 is 39.3. The molecule has 1 heterocycles. The highest BCUT2D eigenvalue weighted by molar-refractivity contribution is 5.49. The summed E-state index contributed by atoms with van der Waals surface area (Å²) in [4.78, 5) is 1.72. The van der Waals surface area contributed by atoms with Crippen molar-refractivity contribution in [2.75, 3.05) is 24.5 Å². The Hall–Kier alpha value is -1.23. The molecule has 5 heteroatoms. The fourth-order valence-corrected chi connectivity index (χ4v) is 1.91. The predicted octanol–water partition coefficient (Wildman–Crippen LogP) is 1.90. The molecule has 0 bridgehead atoms. The van der Waals surface area contributed by atoms with E-state index < -0.39 is 17.5 Å². The maximum absolute atomic E-state index is 13.5. The van der Waals surface area contributed by atoms with Gasteiger partial charge in [0.25, 0.3) is 0 Å². The zero-order valence-corrected chi connectivity index (χ0v) is 8.93. The van der Waals surface area contributed by atoms with Crippen molar-refractivity contribution in [3.05, 3.63) is 29.6 Å². The van der Waals surface area contributed by atoms with Crippen LogP contribution in [0.25, 0.3) is 0 Å². The normalized spacial score (nSPS) is 21.2. The highest BCUT2D eigenvalue weighted by atomic mass is 19.2. The van der Waals surface area contributed by atoms with E-state index in [9.17, 15) is 13.2 Å². The van der Waals surface area contributed by atoms with Gasteiger partial charge in [-0.25, -0.2) is 13.2 Å².